The number of nitrogens with two attached hydrogens (primary N) is 1. The first-order valence-corrected chi connectivity index (χ1v) is 3.77. The predicted molar refractivity (Wildman–Crippen MR) is 43.0 cm³/mol. The van der Waals surface area contributed by atoms with Crippen LogP contribution in [0.25, 0.3) is 0 Å². The van der Waals surface area contributed by atoms with Crippen molar-refractivity contribution in [1.29, 1.82) is 0 Å². The number of nitrogens with zero attached hydrogens (tertiary/aromatic N) is 1. The van der Waals surface area contributed by atoms with E-state index in [4.69, 9.17) is 5.73 Å². The van der Waals surface area contributed by atoms with E-state index < -0.39 is 11.9 Å². The van der Waals surface area contributed by atoms with Gasteiger partial charge in [0.25, 0.3) is 0 Å². The van der Waals surface area contributed by atoms with E-state index in [2.05, 4.69) is 4.98 Å². The van der Waals surface area contributed by atoms with Crippen LogP contribution in [0.1, 0.15) is 18.2 Å². The SMILES string of the molecule is CCc1ccc(C(F)(F)F)nc1N. The number of pyridine rings is 1. The van der Waals surface area contributed by atoms with Crippen molar-refractivity contribution in [3.63, 3.8) is 0 Å². The van der Waals surface area contributed by atoms with Crippen LogP contribution in [0, 0.1) is 0 Å². The lowest BCUT2D eigenvalue weighted by Gasteiger charge is -2.07. The zero-order valence-corrected chi connectivity index (χ0v) is 7.02. The number of hydrogen-bond donors (Lipinski definition) is 1. The smallest absolute Gasteiger partial charge is 0.383 e. The Kier molecular flexibility index (Phi) is 2.45. The molecule has 0 unspecified atom stereocenters. The first-order chi connectivity index (χ1) is 5.95. The highest BCUT2D eigenvalue weighted by Gasteiger charge is 2.32. The second-order valence-electron chi connectivity index (χ2n) is 2.59. The fraction of sp³-hybridized carbons (Fsp3) is 0.375. The molecule has 0 radical (unpaired) electrons. The standard InChI is InChI=1S/C8H9F3N2/c1-2-5-3-4-6(8(9,10)11)13-7(5)12/h3-4H,2H2,1H3,(H2,12,13). The second kappa shape index (κ2) is 3.24. The quantitative estimate of drug-likeness (QED) is 0.737. The summed E-state index contributed by atoms with van der Waals surface area (Å²) in [5.41, 5.74) is 5.01. The van der Waals surface area contributed by atoms with Crippen molar-refractivity contribution >= 4 is 5.82 Å². The Bertz CT molecular complexity index is 307. The summed E-state index contributed by atoms with van der Waals surface area (Å²) in [6, 6.07) is 2.29. The maximum absolute atomic E-state index is 12.1. The minimum Gasteiger partial charge on any atom is -0.383 e. The van der Waals surface area contributed by atoms with Gasteiger partial charge in [0.1, 0.15) is 11.5 Å². The monoisotopic (exact) mass is 190 g/mol. The zero-order chi connectivity index (χ0) is 10.1. The van der Waals surface area contributed by atoms with Crippen LogP contribution < -0.4 is 5.73 Å². The summed E-state index contributed by atoms with van der Waals surface area (Å²) in [5, 5.41) is 0. The Hall–Kier alpha value is -1.26. The number of alkyl halides is 3. The topological polar surface area (TPSA) is 38.9 Å². The lowest BCUT2D eigenvalue weighted by Crippen LogP contribution is -2.10. The van der Waals surface area contributed by atoms with Gasteiger partial charge in [-0.15, -0.1) is 0 Å². The van der Waals surface area contributed by atoms with Crippen LogP contribution in [0.3, 0.4) is 0 Å². The molecule has 0 fully saturated rings. The van der Waals surface area contributed by atoms with Gasteiger partial charge in [0, 0.05) is 0 Å². The van der Waals surface area contributed by atoms with E-state index in [-0.39, 0.29) is 5.82 Å². The summed E-state index contributed by atoms with van der Waals surface area (Å²) >= 11 is 0. The van der Waals surface area contributed by atoms with Gasteiger partial charge < -0.3 is 5.73 Å². The summed E-state index contributed by atoms with van der Waals surface area (Å²) in [5.74, 6) is -0.0441. The molecule has 0 bridgehead atoms. The number of aryl methyl sites for hydroxylation is 1. The van der Waals surface area contributed by atoms with E-state index in [0.717, 1.165) is 6.07 Å². The van der Waals surface area contributed by atoms with Crippen LogP contribution in [0.15, 0.2) is 12.1 Å². The third-order valence-electron chi connectivity index (χ3n) is 1.68. The molecule has 0 saturated carbocycles. The second-order valence-corrected chi connectivity index (χ2v) is 2.59. The number of hydrogen-bond acceptors (Lipinski definition) is 2. The first kappa shape index (κ1) is 9.83. The molecule has 0 aromatic carbocycles. The zero-order valence-electron chi connectivity index (χ0n) is 7.02. The molecule has 1 aromatic rings. The van der Waals surface area contributed by atoms with Gasteiger partial charge in [-0.05, 0) is 18.1 Å². The number of halogens is 3. The summed E-state index contributed by atoms with van der Waals surface area (Å²) in [4.78, 5) is 3.27. The van der Waals surface area contributed by atoms with Gasteiger partial charge in [-0.25, -0.2) is 4.98 Å². The minimum atomic E-state index is -4.42. The molecule has 0 amide bonds. The number of aromatic nitrogens is 1. The van der Waals surface area contributed by atoms with Gasteiger partial charge in [-0.2, -0.15) is 13.2 Å². The van der Waals surface area contributed by atoms with E-state index in [0.29, 0.717) is 12.0 Å². The lowest BCUT2D eigenvalue weighted by molar-refractivity contribution is -0.141. The molecule has 13 heavy (non-hydrogen) atoms. The fourth-order valence-corrected chi connectivity index (χ4v) is 0.961. The van der Waals surface area contributed by atoms with Crippen LogP contribution in [0.2, 0.25) is 0 Å². The van der Waals surface area contributed by atoms with E-state index in [1.807, 2.05) is 0 Å². The van der Waals surface area contributed by atoms with Gasteiger partial charge in [0.15, 0.2) is 0 Å². The third-order valence-corrected chi connectivity index (χ3v) is 1.68. The Labute approximate surface area is 73.6 Å². The maximum atomic E-state index is 12.1. The summed E-state index contributed by atoms with van der Waals surface area (Å²) in [6.45, 7) is 1.81. The Morgan fingerprint density at radius 2 is 2.00 bits per heavy atom. The maximum Gasteiger partial charge on any atom is 0.433 e. The van der Waals surface area contributed by atoms with Crippen LogP contribution in [-0.4, -0.2) is 4.98 Å². The van der Waals surface area contributed by atoms with Crippen LogP contribution >= 0.6 is 0 Å². The summed E-state index contributed by atoms with van der Waals surface area (Å²) < 4.78 is 36.3. The Balaban J connectivity index is 3.10. The molecule has 1 aromatic heterocycles. The van der Waals surface area contributed by atoms with Gasteiger partial charge in [0.2, 0.25) is 0 Å². The summed E-state index contributed by atoms with van der Waals surface area (Å²) in [6.07, 6.45) is -3.84. The average molecular weight is 190 g/mol. The van der Waals surface area contributed by atoms with Crippen molar-refractivity contribution < 1.29 is 13.2 Å². The van der Waals surface area contributed by atoms with Crippen molar-refractivity contribution in [2.75, 3.05) is 5.73 Å². The van der Waals surface area contributed by atoms with Gasteiger partial charge in [0.05, 0.1) is 0 Å². The first-order valence-electron chi connectivity index (χ1n) is 3.77. The molecule has 1 heterocycles. The highest BCUT2D eigenvalue weighted by Crippen LogP contribution is 2.28. The van der Waals surface area contributed by atoms with E-state index in [1.54, 1.807) is 6.92 Å². The molecule has 2 N–H and O–H groups in total. The molecule has 1 rings (SSSR count). The molecule has 0 saturated heterocycles. The van der Waals surface area contributed by atoms with Crippen LogP contribution in [0.4, 0.5) is 19.0 Å². The van der Waals surface area contributed by atoms with Crippen molar-refractivity contribution in [2.45, 2.75) is 19.5 Å². The van der Waals surface area contributed by atoms with E-state index >= 15 is 0 Å². The van der Waals surface area contributed by atoms with E-state index in [9.17, 15) is 13.2 Å². The molecular formula is C8H9F3N2. The minimum absolute atomic E-state index is 0.0441. The van der Waals surface area contributed by atoms with Crippen LogP contribution in [0.5, 0.6) is 0 Å². The lowest BCUT2D eigenvalue weighted by atomic mass is 10.2. The van der Waals surface area contributed by atoms with Crippen molar-refractivity contribution in [2.24, 2.45) is 0 Å². The summed E-state index contributed by atoms with van der Waals surface area (Å²) in [7, 11) is 0. The molecule has 0 aliphatic carbocycles. The normalized spacial score (nSPS) is 11.7. The molecular weight excluding hydrogens is 181 g/mol. The highest BCUT2D eigenvalue weighted by molar-refractivity contribution is 5.40. The highest BCUT2D eigenvalue weighted by atomic mass is 19.4. The van der Waals surface area contributed by atoms with Crippen molar-refractivity contribution in [3.8, 4) is 0 Å². The molecule has 72 valence electrons. The Morgan fingerprint density at radius 1 is 1.38 bits per heavy atom. The number of nitrogen functional groups attached to an aromatic ring is 1. The van der Waals surface area contributed by atoms with Crippen molar-refractivity contribution in [1.82, 2.24) is 4.98 Å². The molecule has 0 aliphatic heterocycles. The molecule has 0 atom stereocenters. The molecule has 2 nitrogen and oxygen atoms in total. The van der Waals surface area contributed by atoms with Crippen molar-refractivity contribution in [3.05, 3.63) is 23.4 Å². The molecule has 0 aliphatic rings. The predicted octanol–water partition coefficient (Wildman–Crippen LogP) is 2.24. The average Bonchev–Trinajstić information content (AvgIpc) is 2.02. The third kappa shape index (κ3) is 2.11. The van der Waals surface area contributed by atoms with Crippen LogP contribution in [-0.2, 0) is 12.6 Å². The fourth-order valence-electron chi connectivity index (χ4n) is 0.961. The Morgan fingerprint density at radius 3 is 2.38 bits per heavy atom. The molecule has 0 spiro atoms. The number of rotatable bonds is 1. The number of anilines is 1. The van der Waals surface area contributed by atoms with Gasteiger partial charge in [-0.1, -0.05) is 13.0 Å². The largest absolute Gasteiger partial charge is 0.433 e. The van der Waals surface area contributed by atoms with E-state index in [1.165, 1.54) is 6.07 Å². The van der Waals surface area contributed by atoms with Gasteiger partial charge in [-0.3, -0.25) is 0 Å². The molecule has 5 heteroatoms. The van der Waals surface area contributed by atoms with Gasteiger partial charge >= 0.3 is 6.18 Å².